The molecule has 1 aromatic heterocycles. The van der Waals surface area contributed by atoms with Crippen LogP contribution in [0, 0.1) is 11.3 Å². The van der Waals surface area contributed by atoms with Crippen LogP contribution in [0.4, 0.5) is 16.2 Å². The average molecular weight is 411 g/mol. The Morgan fingerprint density at radius 2 is 2.03 bits per heavy atom. The highest BCUT2D eigenvalue weighted by molar-refractivity contribution is 5.96. The molecule has 9 heteroatoms. The Kier molecular flexibility index (Phi) is 5.60. The third-order valence-corrected chi connectivity index (χ3v) is 4.62. The van der Waals surface area contributed by atoms with Crippen molar-refractivity contribution in [1.82, 2.24) is 9.47 Å². The van der Waals surface area contributed by atoms with E-state index in [1.54, 1.807) is 4.90 Å². The van der Waals surface area contributed by atoms with Crippen molar-refractivity contribution >= 4 is 23.4 Å². The molecule has 0 bridgehead atoms. The fraction of sp³-hybridized carbons (Fsp3) is 0.381. The summed E-state index contributed by atoms with van der Waals surface area (Å²) >= 11 is 0. The van der Waals surface area contributed by atoms with Crippen molar-refractivity contribution < 1.29 is 19.1 Å². The van der Waals surface area contributed by atoms with Gasteiger partial charge in [0.05, 0.1) is 24.9 Å². The summed E-state index contributed by atoms with van der Waals surface area (Å²) in [6, 6.07) is 7.51. The lowest BCUT2D eigenvalue weighted by atomic mass is 10.1. The zero-order chi connectivity index (χ0) is 22.1. The zero-order valence-electron chi connectivity index (χ0n) is 17.5. The molecule has 0 fully saturated rings. The maximum Gasteiger partial charge on any atom is 0.410 e. The monoisotopic (exact) mass is 411 g/mol. The first-order valence-corrected chi connectivity index (χ1v) is 9.49. The topological polar surface area (TPSA) is 123 Å². The molecule has 0 aliphatic carbocycles. The highest BCUT2D eigenvalue weighted by Gasteiger charge is 2.26. The smallest absolute Gasteiger partial charge is 0.410 e. The van der Waals surface area contributed by atoms with Crippen LogP contribution in [-0.2, 0) is 16.0 Å². The summed E-state index contributed by atoms with van der Waals surface area (Å²) in [5.74, 6) is -0.641. The maximum atomic E-state index is 12.6. The summed E-state index contributed by atoms with van der Waals surface area (Å²) in [4.78, 5) is 26.4. The number of rotatable bonds is 2. The number of carbonyl (C=O) groups is 2. The van der Waals surface area contributed by atoms with Crippen LogP contribution in [0.15, 0.2) is 24.4 Å². The molecule has 0 spiro atoms. The molecule has 0 radical (unpaired) electrons. The Bertz CT molecular complexity index is 1030. The number of aromatic nitrogens is 1. The molecule has 1 amide bonds. The van der Waals surface area contributed by atoms with Crippen molar-refractivity contribution in [2.75, 3.05) is 31.2 Å². The van der Waals surface area contributed by atoms with Gasteiger partial charge in [0.15, 0.2) is 5.69 Å². The minimum Gasteiger partial charge on any atom is -0.464 e. The number of nitrogens with zero attached hydrogens (tertiary/aromatic N) is 3. The summed E-state index contributed by atoms with van der Waals surface area (Å²) in [6.45, 7) is 6.87. The molecule has 3 N–H and O–H groups in total. The zero-order valence-corrected chi connectivity index (χ0v) is 17.5. The lowest BCUT2D eigenvalue weighted by Gasteiger charge is -2.26. The lowest BCUT2D eigenvalue weighted by Crippen LogP contribution is -2.37. The van der Waals surface area contributed by atoms with Gasteiger partial charge in [-0.1, -0.05) is 0 Å². The van der Waals surface area contributed by atoms with Crippen molar-refractivity contribution in [3.8, 4) is 11.8 Å². The van der Waals surface area contributed by atoms with Gasteiger partial charge in [0.2, 0.25) is 0 Å². The minimum atomic E-state index is -0.641. The van der Waals surface area contributed by atoms with Gasteiger partial charge in [0.25, 0.3) is 0 Å². The fourth-order valence-electron chi connectivity index (χ4n) is 3.24. The van der Waals surface area contributed by atoms with Gasteiger partial charge in [-0.25, -0.2) is 9.59 Å². The van der Waals surface area contributed by atoms with Crippen LogP contribution in [0.5, 0.6) is 0 Å². The first kappa shape index (κ1) is 21.0. The minimum absolute atomic E-state index is 0.0628. The Labute approximate surface area is 175 Å². The molecule has 1 aliphatic heterocycles. The predicted molar refractivity (Wildman–Crippen MR) is 111 cm³/mol. The third kappa shape index (κ3) is 4.17. The number of fused-ring (bicyclic) bond motifs is 1. The van der Waals surface area contributed by atoms with Crippen LogP contribution < -0.4 is 11.1 Å². The second-order valence-electron chi connectivity index (χ2n) is 7.95. The number of hydrogen-bond donors (Lipinski definition) is 2. The Morgan fingerprint density at radius 3 is 2.67 bits per heavy atom. The molecule has 0 saturated heterocycles. The molecule has 2 heterocycles. The van der Waals surface area contributed by atoms with E-state index in [1.807, 2.05) is 45.0 Å². The largest absolute Gasteiger partial charge is 0.464 e. The molecule has 2 aromatic rings. The number of esters is 1. The van der Waals surface area contributed by atoms with Crippen molar-refractivity contribution in [3.63, 3.8) is 0 Å². The van der Waals surface area contributed by atoms with E-state index in [9.17, 15) is 14.9 Å². The van der Waals surface area contributed by atoms with Crippen LogP contribution in [0.1, 0.15) is 42.4 Å². The van der Waals surface area contributed by atoms with Gasteiger partial charge in [-0.2, -0.15) is 5.26 Å². The number of anilines is 2. The lowest BCUT2D eigenvalue weighted by molar-refractivity contribution is 0.0245. The van der Waals surface area contributed by atoms with Crippen molar-refractivity contribution in [2.24, 2.45) is 0 Å². The molecule has 30 heavy (non-hydrogen) atoms. The number of benzene rings is 1. The molecule has 9 nitrogen and oxygen atoms in total. The summed E-state index contributed by atoms with van der Waals surface area (Å²) in [6.07, 6.45) is 1.11. The predicted octanol–water partition coefficient (Wildman–Crippen LogP) is 2.88. The number of amides is 1. The molecular formula is C21H25N5O4. The van der Waals surface area contributed by atoms with E-state index in [0.717, 1.165) is 11.3 Å². The summed E-state index contributed by atoms with van der Waals surface area (Å²) in [5, 5.41) is 12.6. The van der Waals surface area contributed by atoms with Gasteiger partial charge < -0.3 is 30.0 Å². The van der Waals surface area contributed by atoms with Crippen molar-refractivity contribution in [3.05, 3.63) is 41.2 Å². The van der Waals surface area contributed by atoms with E-state index >= 15 is 0 Å². The number of hydrogen-bond acceptors (Lipinski definition) is 7. The van der Waals surface area contributed by atoms with E-state index in [0.29, 0.717) is 25.3 Å². The maximum absolute atomic E-state index is 12.6. The summed E-state index contributed by atoms with van der Waals surface area (Å²) in [5.41, 5.74) is 8.07. The van der Waals surface area contributed by atoms with Crippen LogP contribution in [-0.4, -0.2) is 47.3 Å². The summed E-state index contributed by atoms with van der Waals surface area (Å²) in [7, 11) is 1.25. The fourth-order valence-corrected chi connectivity index (χ4v) is 3.24. The Morgan fingerprint density at radius 1 is 1.30 bits per heavy atom. The normalized spacial score (nSPS) is 13.5. The second-order valence-corrected chi connectivity index (χ2v) is 7.95. The molecule has 1 aromatic carbocycles. The Hall–Kier alpha value is -3.67. The van der Waals surface area contributed by atoms with E-state index in [2.05, 4.69) is 5.32 Å². The van der Waals surface area contributed by atoms with E-state index < -0.39 is 17.7 Å². The van der Waals surface area contributed by atoms with Gasteiger partial charge in [0, 0.05) is 30.7 Å². The molecule has 3 rings (SSSR count). The van der Waals surface area contributed by atoms with Gasteiger partial charge in [-0.3, -0.25) is 0 Å². The molecular weight excluding hydrogens is 386 g/mol. The molecule has 158 valence electrons. The number of carbonyl (C=O) groups excluding carboxylic acids is 2. The SMILES string of the molecule is COC(=O)c1c(N)c(C#N)cn1-c1ccc2c(c1)CN(C(=O)OC(C)(C)C)CCN2. The number of methoxy groups -OCH3 is 1. The standard InChI is InChI=1S/C21H25N5O4/c1-21(2,3)30-20(28)25-8-7-24-16-6-5-15(9-13(16)11-25)26-12-14(10-22)17(23)18(26)19(27)29-4/h5-6,9,12,24H,7-8,11,23H2,1-4H3. The number of nitriles is 1. The molecule has 0 atom stereocenters. The third-order valence-electron chi connectivity index (χ3n) is 4.62. The average Bonchev–Trinajstić information content (AvgIpc) is 2.87. The van der Waals surface area contributed by atoms with Crippen LogP contribution in [0.2, 0.25) is 0 Å². The van der Waals surface area contributed by atoms with Gasteiger partial charge >= 0.3 is 12.1 Å². The number of nitrogens with one attached hydrogen (secondary N) is 1. The van der Waals surface area contributed by atoms with Crippen molar-refractivity contribution in [2.45, 2.75) is 32.9 Å². The van der Waals surface area contributed by atoms with Gasteiger partial charge in [0.1, 0.15) is 11.7 Å². The van der Waals surface area contributed by atoms with Gasteiger partial charge in [-0.15, -0.1) is 0 Å². The quantitative estimate of drug-likeness (QED) is 0.729. The van der Waals surface area contributed by atoms with Crippen LogP contribution in [0.3, 0.4) is 0 Å². The van der Waals surface area contributed by atoms with Crippen LogP contribution in [0.25, 0.3) is 5.69 Å². The van der Waals surface area contributed by atoms with E-state index in [-0.39, 0.29) is 16.9 Å². The highest BCUT2D eigenvalue weighted by atomic mass is 16.6. The Balaban J connectivity index is 2.00. The van der Waals surface area contributed by atoms with Crippen molar-refractivity contribution in [1.29, 1.82) is 5.26 Å². The van der Waals surface area contributed by atoms with E-state index in [4.69, 9.17) is 15.2 Å². The number of ether oxygens (including phenoxy) is 2. The van der Waals surface area contributed by atoms with E-state index in [1.165, 1.54) is 17.9 Å². The van der Waals surface area contributed by atoms with Crippen LogP contribution >= 0.6 is 0 Å². The molecule has 0 saturated carbocycles. The number of nitrogen functional groups attached to an aromatic ring is 1. The molecule has 0 unspecified atom stereocenters. The first-order chi connectivity index (χ1) is 14.1. The van der Waals surface area contributed by atoms with Gasteiger partial charge in [-0.05, 0) is 44.5 Å². The molecule has 1 aliphatic rings. The first-order valence-electron chi connectivity index (χ1n) is 9.49. The number of nitrogens with two attached hydrogens (primary N) is 1. The summed E-state index contributed by atoms with van der Waals surface area (Å²) < 4.78 is 11.9. The highest BCUT2D eigenvalue weighted by Crippen LogP contribution is 2.29. The second kappa shape index (κ2) is 7.99.